The first-order chi connectivity index (χ1) is 16.5. The molecule has 1 fully saturated rings. The van der Waals surface area contributed by atoms with Crippen molar-refractivity contribution in [3.8, 4) is 22.8 Å². The SMILES string of the molecule is COc1ccc(-c2ccc(N3CCN(C(=O)COc4cccc(NC(C)=O)c4)CC3)nn2)cc1. The van der Waals surface area contributed by atoms with Crippen LogP contribution in [0, 0.1) is 0 Å². The van der Waals surface area contributed by atoms with Crippen LogP contribution in [0.3, 0.4) is 0 Å². The molecule has 2 amide bonds. The van der Waals surface area contributed by atoms with Crippen molar-refractivity contribution in [1.82, 2.24) is 15.1 Å². The minimum absolute atomic E-state index is 0.0557. The van der Waals surface area contributed by atoms with Crippen LogP contribution < -0.4 is 19.7 Å². The lowest BCUT2D eigenvalue weighted by molar-refractivity contribution is -0.133. The van der Waals surface area contributed by atoms with Crippen molar-refractivity contribution in [2.45, 2.75) is 6.92 Å². The van der Waals surface area contributed by atoms with E-state index in [4.69, 9.17) is 9.47 Å². The summed E-state index contributed by atoms with van der Waals surface area (Å²) >= 11 is 0. The number of ether oxygens (including phenoxy) is 2. The van der Waals surface area contributed by atoms with E-state index >= 15 is 0 Å². The highest BCUT2D eigenvalue weighted by Gasteiger charge is 2.22. The number of nitrogens with zero attached hydrogens (tertiary/aromatic N) is 4. The van der Waals surface area contributed by atoms with Gasteiger partial charge in [-0.15, -0.1) is 10.2 Å². The van der Waals surface area contributed by atoms with Crippen molar-refractivity contribution in [3.63, 3.8) is 0 Å². The van der Waals surface area contributed by atoms with Gasteiger partial charge in [-0.2, -0.15) is 0 Å². The number of piperazine rings is 1. The molecule has 1 aliphatic heterocycles. The second-order valence-corrected chi connectivity index (χ2v) is 7.87. The molecule has 1 saturated heterocycles. The number of methoxy groups -OCH3 is 1. The van der Waals surface area contributed by atoms with Crippen LogP contribution in [0.2, 0.25) is 0 Å². The number of hydrogen-bond donors (Lipinski definition) is 1. The van der Waals surface area contributed by atoms with Crippen molar-refractivity contribution in [1.29, 1.82) is 0 Å². The maximum absolute atomic E-state index is 12.6. The fourth-order valence-corrected chi connectivity index (χ4v) is 3.70. The van der Waals surface area contributed by atoms with Crippen molar-refractivity contribution < 1.29 is 19.1 Å². The van der Waals surface area contributed by atoms with E-state index in [9.17, 15) is 9.59 Å². The first kappa shape index (κ1) is 23.0. The number of hydrogen-bond acceptors (Lipinski definition) is 7. The van der Waals surface area contributed by atoms with Gasteiger partial charge in [0.25, 0.3) is 5.91 Å². The number of carbonyl (C=O) groups excluding carboxylic acids is 2. The summed E-state index contributed by atoms with van der Waals surface area (Å²) in [6.07, 6.45) is 0. The maximum Gasteiger partial charge on any atom is 0.260 e. The molecule has 0 radical (unpaired) electrons. The normalized spacial score (nSPS) is 13.4. The topological polar surface area (TPSA) is 96.9 Å². The second kappa shape index (κ2) is 10.7. The molecule has 0 unspecified atom stereocenters. The molecule has 0 bridgehead atoms. The van der Waals surface area contributed by atoms with E-state index in [2.05, 4.69) is 20.4 Å². The summed E-state index contributed by atoms with van der Waals surface area (Å²) in [7, 11) is 1.64. The molecule has 3 aromatic rings. The Bertz CT molecular complexity index is 1130. The third-order valence-electron chi connectivity index (χ3n) is 5.51. The fraction of sp³-hybridized carbons (Fsp3) is 0.280. The largest absolute Gasteiger partial charge is 0.497 e. The molecule has 4 rings (SSSR count). The predicted octanol–water partition coefficient (Wildman–Crippen LogP) is 2.84. The number of amides is 2. The fourth-order valence-electron chi connectivity index (χ4n) is 3.70. The zero-order chi connectivity index (χ0) is 23.9. The van der Waals surface area contributed by atoms with Crippen LogP contribution in [0.1, 0.15) is 6.92 Å². The Balaban J connectivity index is 1.27. The van der Waals surface area contributed by atoms with Crippen LogP contribution in [-0.4, -0.2) is 66.8 Å². The van der Waals surface area contributed by atoms with Crippen molar-refractivity contribution in [2.75, 3.05) is 50.1 Å². The Kier molecular flexibility index (Phi) is 7.22. The molecule has 1 aromatic heterocycles. The third-order valence-corrected chi connectivity index (χ3v) is 5.51. The monoisotopic (exact) mass is 461 g/mol. The van der Waals surface area contributed by atoms with Crippen molar-refractivity contribution in [2.24, 2.45) is 0 Å². The number of aromatic nitrogens is 2. The number of nitrogens with one attached hydrogen (secondary N) is 1. The summed E-state index contributed by atoms with van der Waals surface area (Å²) in [5.74, 6) is 1.88. The molecule has 2 aromatic carbocycles. The number of anilines is 2. The summed E-state index contributed by atoms with van der Waals surface area (Å²) in [6.45, 7) is 3.88. The Morgan fingerprint density at radius 1 is 0.941 bits per heavy atom. The first-order valence-electron chi connectivity index (χ1n) is 11.0. The van der Waals surface area contributed by atoms with Crippen LogP contribution in [0.5, 0.6) is 11.5 Å². The molecule has 0 saturated carbocycles. The minimum Gasteiger partial charge on any atom is -0.497 e. The maximum atomic E-state index is 12.6. The van der Waals surface area contributed by atoms with E-state index in [1.165, 1.54) is 6.92 Å². The predicted molar refractivity (Wildman–Crippen MR) is 129 cm³/mol. The third kappa shape index (κ3) is 5.80. The Morgan fingerprint density at radius 3 is 2.35 bits per heavy atom. The Labute approximate surface area is 198 Å². The summed E-state index contributed by atoms with van der Waals surface area (Å²) in [4.78, 5) is 27.7. The van der Waals surface area contributed by atoms with Crippen LogP contribution in [-0.2, 0) is 9.59 Å². The van der Waals surface area contributed by atoms with Gasteiger partial charge in [0.05, 0.1) is 12.8 Å². The first-order valence-corrected chi connectivity index (χ1v) is 11.0. The van der Waals surface area contributed by atoms with E-state index in [-0.39, 0.29) is 18.4 Å². The highest BCUT2D eigenvalue weighted by molar-refractivity contribution is 5.88. The molecular formula is C25H27N5O4. The summed E-state index contributed by atoms with van der Waals surface area (Å²) in [6, 6.07) is 18.6. The minimum atomic E-state index is -0.161. The van der Waals surface area contributed by atoms with E-state index in [0.29, 0.717) is 37.6 Å². The van der Waals surface area contributed by atoms with E-state index in [1.807, 2.05) is 36.4 Å². The summed E-state index contributed by atoms with van der Waals surface area (Å²) in [5, 5.41) is 11.4. The zero-order valence-electron chi connectivity index (χ0n) is 19.2. The highest BCUT2D eigenvalue weighted by Crippen LogP contribution is 2.22. The van der Waals surface area contributed by atoms with E-state index in [1.54, 1.807) is 36.3 Å². The van der Waals surface area contributed by atoms with Gasteiger partial charge in [0.15, 0.2) is 12.4 Å². The molecule has 0 aliphatic carbocycles. The van der Waals surface area contributed by atoms with Crippen LogP contribution in [0.4, 0.5) is 11.5 Å². The Morgan fingerprint density at radius 2 is 1.71 bits per heavy atom. The number of rotatable bonds is 7. The lowest BCUT2D eigenvalue weighted by atomic mass is 10.1. The van der Waals surface area contributed by atoms with Crippen molar-refractivity contribution >= 4 is 23.3 Å². The van der Waals surface area contributed by atoms with Gasteiger partial charge in [0.1, 0.15) is 11.5 Å². The molecule has 0 atom stereocenters. The molecule has 2 heterocycles. The standard InChI is InChI=1S/C25H27N5O4/c1-18(31)26-20-4-3-5-22(16-20)34-17-25(32)30-14-12-29(13-15-30)24-11-10-23(27-28-24)19-6-8-21(33-2)9-7-19/h3-11,16H,12-15,17H2,1-2H3,(H,26,31). The molecule has 1 aliphatic rings. The van der Waals surface area contributed by atoms with Gasteiger partial charge in [-0.1, -0.05) is 6.07 Å². The molecule has 0 spiro atoms. The average molecular weight is 462 g/mol. The molecule has 1 N–H and O–H groups in total. The van der Waals surface area contributed by atoms with Crippen molar-refractivity contribution in [3.05, 3.63) is 60.7 Å². The second-order valence-electron chi connectivity index (χ2n) is 7.87. The van der Waals surface area contributed by atoms with E-state index in [0.717, 1.165) is 22.8 Å². The number of benzene rings is 2. The summed E-state index contributed by atoms with van der Waals surface area (Å²) in [5.41, 5.74) is 2.39. The van der Waals surface area contributed by atoms with Gasteiger partial charge in [0, 0.05) is 50.4 Å². The zero-order valence-corrected chi connectivity index (χ0v) is 19.2. The summed E-state index contributed by atoms with van der Waals surface area (Å²) < 4.78 is 10.8. The van der Waals surface area contributed by atoms with Gasteiger partial charge in [-0.25, -0.2) is 0 Å². The quantitative estimate of drug-likeness (QED) is 0.578. The van der Waals surface area contributed by atoms with Crippen LogP contribution in [0.25, 0.3) is 11.3 Å². The average Bonchev–Trinajstić information content (AvgIpc) is 2.87. The molecule has 34 heavy (non-hydrogen) atoms. The van der Waals surface area contributed by atoms with E-state index < -0.39 is 0 Å². The Hall–Kier alpha value is -4.14. The van der Waals surface area contributed by atoms with Crippen LogP contribution in [0.15, 0.2) is 60.7 Å². The molecular weight excluding hydrogens is 434 g/mol. The molecule has 9 heteroatoms. The molecule has 176 valence electrons. The highest BCUT2D eigenvalue weighted by atomic mass is 16.5. The smallest absolute Gasteiger partial charge is 0.260 e. The van der Waals surface area contributed by atoms with Gasteiger partial charge >= 0.3 is 0 Å². The van der Waals surface area contributed by atoms with Gasteiger partial charge in [-0.3, -0.25) is 9.59 Å². The van der Waals surface area contributed by atoms with Gasteiger partial charge < -0.3 is 24.6 Å². The molecule has 9 nitrogen and oxygen atoms in total. The number of carbonyl (C=O) groups is 2. The van der Waals surface area contributed by atoms with Gasteiger partial charge in [-0.05, 0) is 48.5 Å². The van der Waals surface area contributed by atoms with Crippen LogP contribution >= 0.6 is 0 Å². The lowest BCUT2D eigenvalue weighted by Gasteiger charge is -2.35. The van der Waals surface area contributed by atoms with Gasteiger partial charge in [0.2, 0.25) is 5.91 Å². The lowest BCUT2D eigenvalue weighted by Crippen LogP contribution is -2.50.